The van der Waals surface area contributed by atoms with E-state index in [9.17, 15) is 4.79 Å². The Morgan fingerprint density at radius 3 is 2.69 bits per heavy atom. The Kier molecular flexibility index (Phi) is 5.93. The number of benzene rings is 1. The van der Waals surface area contributed by atoms with Gasteiger partial charge in [0.15, 0.2) is 5.82 Å². The second-order valence-corrected chi connectivity index (χ2v) is 8.10. The molecule has 0 fully saturated rings. The van der Waals surface area contributed by atoms with Crippen molar-refractivity contribution in [1.29, 1.82) is 0 Å². The Morgan fingerprint density at radius 2 is 2.00 bits per heavy atom. The molecule has 3 aromatic rings. The molecule has 2 aromatic heterocycles. The molecule has 0 unspecified atom stereocenters. The molecule has 0 saturated heterocycles. The van der Waals surface area contributed by atoms with Crippen LogP contribution in [0.3, 0.4) is 0 Å². The molecule has 0 bridgehead atoms. The number of nitrogens with two attached hydrogens (primary N) is 1. The number of nitrogens with zero attached hydrogens (tertiary/aromatic N) is 3. The predicted molar refractivity (Wildman–Crippen MR) is 116 cm³/mol. The maximum absolute atomic E-state index is 12.3. The van der Waals surface area contributed by atoms with Crippen LogP contribution in [0, 0.1) is 0 Å². The average molecular weight is 399 g/mol. The number of imidazole rings is 1. The van der Waals surface area contributed by atoms with E-state index in [1.165, 1.54) is 0 Å². The minimum Gasteiger partial charge on any atom is -0.382 e. The molecule has 0 radical (unpaired) electrons. The standard InChI is InChI=1S/C21H30N6O2/c1-6-29-11-16-25-17-18(14-9-7-8-10-15(14)24-19(17)22)27(16)12-21(4,5)26-20(28)23-13(2)3/h7-10,13H,6,11-12H2,1-5H3,(H2,22,24)(H2,23,26,28). The van der Waals surface area contributed by atoms with Gasteiger partial charge in [0.2, 0.25) is 0 Å². The molecule has 2 amide bonds. The lowest BCUT2D eigenvalue weighted by atomic mass is 10.1. The van der Waals surface area contributed by atoms with Crippen molar-refractivity contribution in [3.05, 3.63) is 30.1 Å². The number of hydrogen-bond acceptors (Lipinski definition) is 5. The maximum atomic E-state index is 12.3. The van der Waals surface area contributed by atoms with Gasteiger partial charge in [-0.25, -0.2) is 14.8 Å². The SMILES string of the molecule is CCOCc1nc2c(N)nc3ccccc3c2n1CC(C)(C)NC(=O)NC(C)C. The van der Waals surface area contributed by atoms with Crippen LogP contribution in [0.2, 0.25) is 0 Å². The van der Waals surface area contributed by atoms with Gasteiger partial charge in [-0.15, -0.1) is 0 Å². The van der Waals surface area contributed by atoms with E-state index in [2.05, 4.69) is 20.2 Å². The number of urea groups is 1. The highest BCUT2D eigenvalue weighted by Gasteiger charge is 2.26. The van der Waals surface area contributed by atoms with Crippen LogP contribution in [0.4, 0.5) is 10.6 Å². The highest BCUT2D eigenvalue weighted by molar-refractivity contribution is 6.06. The summed E-state index contributed by atoms with van der Waals surface area (Å²) >= 11 is 0. The van der Waals surface area contributed by atoms with Crippen LogP contribution in [0.25, 0.3) is 21.9 Å². The first-order chi connectivity index (χ1) is 13.7. The van der Waals surface area contributed by atoms with Crippen LogP contribution < -0.4 is 16.4 Å². The molecule has 0 aliphatic rings. The molecule has 4 N–H and O–H groups in total. The highest BCUT2D eigenvalue weighted by Crippen LogP contribution is 2.30. The summed E-state index contributed by atoms with van der Waals surface area (Å²) in [6, 6.07) is 7.71. The van der Waals surface area contributed by atoms with Crippen LogP contribution >= 0.6 is 0 Å². The number of nitrogen functional groups attached to an aromatic ring is 1. The molecule has 1 aromatic carbocycles. The lowest BCUT2D eigenvalue weighted by molar-refractivity contribution is 0.124. The van der Waals surface area contributed by atoms with Crippen LogP contribution in [0.1, 0.15) is 40.4 Å². The molecule has 8 heteroatoms. The highest BCUT2D eigenvalue weighted by atomic mass is 16.5. The number of hydrogen-bond donors (Lipinski definition) is 3. The summed E-state index contributed by atoms with van der Waals surface area (Å²) in [6.07, 6.45) is 0. The van der Waals surface area contributed by atoms with Gasteiger partial charge < -0.3 is 25.7 Å². The molecule has 8 nitrogen and oxygen atoms in total. The Hall–Kier alpha value is -2.87. The van der Waals surface area contributed by atoms with Crippen molar-refractivity contribution in [2.45, 2.75) is 59.4 Å². The Balaban J connectivity index is 2.09. The number of carbonyl (C=O) groups excluding carboxylic acids is 1. The van der Waals surface area contributed by atoms with Crippen LogP contribution in [-0.4, -0.2) is 38.8 Å². The van der Waals surface area contributed by atoms with Crippen LogP contribution in [0.5, 0.6) is 0 Å². The first-order valence-electron chi connectivity index (χ1n) is 9.91. The van der Waals surface area contributed by atoms with Gasteiger partial charge in [-0.1, -0.05) is 18.2 Å². The van der Waals surface area contributed by atoms with E-state index in [0.717, 1.165) is 22.2 Å². The van der Waals surface area contributed by atoms with Gasteiger partial charge >= 0.3 is 6.03 Å². The molecule has 0 spiro atoms. The number of nitrogens with one attached hydrogen (secondary N) is 2. The zero-order valence-corrected chi connectivity index (χ0v) is 17.7. The minimum atomic E-state index is -0.535. The molecule has 2 heterocycles. The maximum Gasteiger partial charge on any atom is 0.315 e. The predicted octanol–water partition coefficient (Wildman–Crippen LogP) is 3.19. The number of carbonyl (C=O) groups is 1. The lowest BCUT2D eigenvalue weighted by Crippen LogP contribution is -2.52. The van der Waals surface area contributed by atoms with Crippen molar-refractivity contribution in [2.75, 3.05) is 12.3 Å². The van der Waals surface area contributed by atoms with Crippen molar-refractivity contribution < 1.29 is 9.53 Å². The van der Waals surface area contributed by atoms with E-state index < -0.39 is 5.54 Å². The van der Waals surface area contributed by atoms with Crippen LogP contribution in [-0.2, 0) is 17.9 Å². The van der Waals surface area contributed by atoms with Gasteiger partial charge in [0.1, 0.15) is 17.9 Å². The van der Waals surface area contributed by atoms with Gasteiger partial charge in [-0.05, 0) is 40.7 Å². The van der Waals surface area contributed by atoms with E-state index in [1.54, 1.807) is 0 Å². The molecule has 0 atom stereocenters. The van der Waals surface area contributed by atoms with Crippen molar-refractivity contribution in [2.24, 2.45) is 0 Å². The number of fused-ring (bicyclic) bond motifs is 3. The second-order valence-electron chi connectivity index (χ2n) is 8.10. The smallest absolute Gasteiger partial charge is 0.315 e. The second kappa shape index (κ2) is 8.24. The summed E-state index contributed by atoms with van der Waals surface area (Å²) in [4.78, 5) is 21.5. The summed E-state index contributed by atoms with van der Waals surface area (Å²) in [5.74, 6) is 1.14. The fourth-order valence-electron chi connectivity index (χ4n) is 3.42. The molecule has 0 aliphatic carbocycles. The number of ether oxygens (including phenoxy) is 1. The number of aromatic nitrogens is 3. The number of pyridine rings is 1. The number of anilines is 1. The fraction of sp³-hybridized carbons (Fsp3) is 0.476. The average Bonchev–Trinajstić information content (AvgIpc) is 2.97. The van der Waals surface area contributed by atoms with Crippen LogP contribution in [0.15, 0.2) is 24.3 Å². The van der Waals surface area contributed by atoms with Gasteiger partial charge in [0.25, 0.3) is 0 Å². The van der Waals surface area contributed by atoms with Gasteiger partial charge in [-0.2, -0.15) is 0 Å². The number of rotatable bonds is 7. The first kappa shape index (κ1) is 20.9. The molecule has 0 saturated carbocycles. The van der Waals surface area contributed by atoms with Crippen molar-refractivity contribution in [1.82, 2.24) is 25.2 Å². The third-order valence-electron chi connectivity index (χ3n) is 4.55. The third kappa shape index (κ3) is 4.59. The van der Waals surface area contributed by atoms with E-state index >= 15 is 0 Å². The number of para-hydroxylation sites is 1. The normalized spacial score (nSPS) is 12.1. The van der Waals surface area contributed by atoms with Gasteiger partial charge in [0, 0.05) is 24.6 Å². The fourth-order valence-corrected chi connectivity index (χ4v) is 3.42. The molecular weight excluding hydrogens is 368 g/mol. The van der Waals surface area contributed by atoms with E-state index in [0.29, 0.717) is 31.1 Å². The Bertz CT molecular complexity index is 1020. The van der Waals surface area contributed by atoms with E-state index in [-0.39, 0.29) is 12.1 Å². The topological polar surface area (TPSA) is 107 Å². The van der Waals surface area contributed by atoms with Crippen molar-refractivity contribution in [3.63, 3.8) is 0 Å². The van der Waals surface area contributed by atoms with E-state index in [4.69, 9.17) is 15.5 Å². The summed E-state index contributed by atoms with van der Waals surface area (Å²) in [6.45, 7) is 11.2. The Morgan fingerprint density at radius 1 is 1.28 bits per heavy atom. The summed E-state index contributed by atoms with van der Waals surface area (Å²) in [7, 11) is 0. The monoisotopic (exact) mass is 398 g/mol. The Labute approximate surface area is 170 Å². The quantitative estimate of drug-likeness (QED) is 0.567. The minimum absolute atomic E-state index is 0.0585. The van der Waals surface area contributed by atoms with Crippen molar-refractivity contribution >= 4 is 33.8 Å². The zero-order chi connectivity index (χ0) is 21.2. The van der Waals surface area contributed by atoms with Gasteiger partial charge in [0.05, 0.1) is 16.6 Å². The molecule has 0 aliphatic heterocycles. The van der Waals surface area contributed by atoms with Gasteiger partial charge in [-0.3, -0.25) is 0 Å². The summed E-state index contributed by atoms with van der Waals surface area (Å²) < 4.78 is 7.73. The first-order valence-corrected chi connectivity index (χ1v) is 9.91. The third-order valence-corrected chi connectivity index (χ3v) is 4.55. The summed E-state index contributed by atoms with van der Waals surface area (Å²) in [5, 5.41) is 6.89. The molecule has 3 rings (SSSR count). The zero-order valence-electron chi connectivity index (χ0n) is 17.7. The van der Waals surface area contributed by atoms with E-state index in [1.807, 2.05) is 58.9 Å². The molecular formula is C21H30N6O2. The lowest BCUT2D eigenvalue weighted by Gasteiger charge is -2.28. The largest absolute Gasteiger partial charge is 0.382 e. The molecule has 156 valence electrons. The number of amides is 2. The molecule has 29 heavy (non-hydrogen) atoms. The van der Waals surface area contributed by atoms with Crippen molar-refractivity contribution in [3.8, 4) is 0 Å². The summed E-state index contributed by atoms with van der Waals surface area (Å²) in [5.41, 5.74) is 8.06.